The summed E-state index contributed by atoms with van der Waals surface area (Å²) in [4.78, 5) is 23.8. The molecule has 0 atom stereocenters. The maximum absolute atomic E-state index is 12.0. The summed E-state index contributed by atoms with van der Waals surface area (Å²) < 4.78 is 16.0. The van der Waals surface area contributed by atoms with Crippen molar-refractivity contribution in [3.63, 3.8) is 0 Å². The highest BCUT2D eigenvalue weighted by Crippen LogP contribution is 2.22. The van der Waals surface area contributed by atoms with Gasteiger partial charge in [-0.15, -0.1) is 0 Å². The van der Waals surface area contributed by atoms with Gasteiger partial charge in [0.05, 0.1) is 6.21 Å². The zero-order valence-corrected chi connectivity index (χ0v) is 19.1. The third kappa shape index (κ3) is 8.14. The molecule has 0 aliphatic heterocycles. The van der Waals surface area contributed by atoms with Crippen molar-refractivity contribution in [3.8, 4) is 17.2 Å². The number of hydrazone groups is 1. The van der Waals surface area contributed by atoms with Gasteiger partial charge >= 0.3 is 5.97 Å². The minimum Gasteiger partial charge on any atom is -0.484 e. The Bertz CT molecular complexity index is 1130. The molecule has 0 aliphatic rings. The van der Waals surface area contributed by atoms with E-state index in [1.165, 1.54) is 6.21 Å². The number of aryl methyl sites for hydroxylation is 1. The largest absolute Gasteiger partial charge is 0.484 e. The number of nitrogens with zero attached hydrogens (tertiary/aromatic N) is 1. The van der Waals surface area contributed by atoms with Crippen LogP contribution < -0.4 is 19.6 Å². The Hall–Kier alpha value is -3.55. The second kappa shape index (κ2) is 11.9. The molecule has 0 fully saturated rings. The van der Waals surface area contributed by atoms with E-state index in [1.807, 2.05) is 6.92 Å². The monoisotopic (exact) mass is 486 g/mol. The molecule has 1 N–H and O–H groups in total. The summed E-state index contributed by atoms with van der Waals surface area (Å²) in [7, 11) is 0. The molecule has 0 saturated carbocycles. The van der Waals surface area contributed by atoms with Gasteiger partial charge in [0, 0.05) is 10.0 Å². The van der Waals surface area contributed by atoms with Crippen LogP contribution in [0.4, 0.5) is 0 Å². The van der Waals surface area contributed by atoms with Gasteiger partial charge in [0.15, 0.2) is 13.2 Å². The van der Waals surface area contributed by atoms with Gasteiger partial charge in [-0.25, -0.2) is 10.2 Å². The fourth-order valence-electron chi connectivity index (χ4n) is 2.59. The molecular weight excluding hydrogens is 467 g/mol. The number of nitrogens with one attached hydrogen (secondary N) is 1. The molecule has 0 saturated heterocycles. The first kappa shape index (κ1) is 24.1. The number of hydrogen-bond acceptors (Lipinski definition) is 6. The van der Waals surface area contributed by atoms with E-state index in [0.717, 1.165) is 5.56 Å². The molecule has 0 radical (unpaired) electrons. The van der Waals surface area contributed by atoms with Crippen LogP contribution in [-0.2, 0) is 9.59 Å². The van der Waals surface area contributed by atoms with Crippen molar-refractivity contribution in [2.75, 3.05) is 13.2 Å². The molecule has 0 aromatic heterocycles. The second-order valence-electron chi connectivity index (χ2n) is 6.78. The average molecular weight is 487 g/mol. The molecule has 3 rings (SSSR count). The quantitative estimate of drug-likeness (QED) is 0.203. The standard InChI is InChI=1S/C24H20Cl2N2O5/c1-16-12-19(26)6-11-22(16)32-15-24(30)33-21-7-2-17(3-8-21)13-27-28-23(29)14-31-20-9-4-18(25)5-10-20/h2-13H,14-15H2,1H3,(H,28,29)/b27-13+. The van der Waals surface area contributed by atoms with E-state index in [0.29, 0.717) is 32.9 Å². The molecule has 9 heteroatoms. The number of carbonyl (C=O) groups is 2. The molecule has 0 spiro atoms. The van der Waals surface area contributed by atoms with Crippen LogP contribution in [-0.4, -0.2) is 31.3 Å². The zero-order chi connectivity index (χ0) is 23.6. The van der Waals surface area contributed by atoms with Crippen LogP contribution in [0.15, 0.2) is 71.8 Å². The third-order valence-corrected chi connectivity index (χ3v) is 4.67. The molecule has 1 amide bonds. The molecule has 33 heavy (non-hydrogen) atoms. The van der Waals surface area contributed by atoms with Crippen molar-refractivity contribution in [1.29, 1.82) is 0 Å². The number of rotatable bonds is 9. The van der Waals surface area contributed by atoms with E-state index in [9.17, 15) is 9.59 Å². The fourth-order valence-corrected chi connectivity index (χ4v) is 2.94. The summed E-state index contributed by atoms with van der Waals surface area (Å²) in [6.45, 7) is 1.41. The van der Waals surface area contributed by atoms with Crippen LogP contribution in [0.25, 0.3) is 0 Å². The highest BCUT2D eigenvalue weighted by Gasteiger charge is 2.08. The molecule has 3 aromatic rings. The highest BCUT2D eigenvalue weighted by atomic mass is 35.5. The summed E-state index contributed by atoms with van der Waals surface area (Å²) in [5.74, 6) is 0.483. The summed E-state index contributed by atoms with van der Waals surface area (Å²) in [6, 6.07) is 18.4. The van der Waals surface area contributed by atoms with Crippen LogP contribution in [0, 0.1) is 6.92 Å². The smallest absolute Gasteiger partial charge is 0.349 e. The first-order valence-corrected chi connectivity index (χ1v) is 10.5. The lowest BCUT2D eigenvalue weighted by Gasteiger charge is -2.09. The predicted molar refractivity (Wildman–Crippen MR) is 126 cm³/mol. The average Bonchev–Trinajstić information content (AvgIpc) is 2.79. The lowest BCUT2D eigenvalue weighted by molar-refractivity contribution is -0.136. The van der Waals surface area contributed by atoms with Gasteiger partial charge in [-0.05, 0) is 84.8 Å². The van der Waals surface area contributed by atoms with Crippen molar-refractivity contribution in [2.45, 2.75) is 6.92 Å². The van der Waals surface area contributed by atoms with E-state index >= 15 is 0 Å². The SMILES string of the molecule is Cc1cc(Cl)ccc1OCC(=O)Oc1ccc(/C=N/NC(=O)COc2ccc(Cl)cc2)cc1. The number of benzene rings is 3. The Kier molecular flexibility index (Phi) is 8.69. The molecule has 0 bridgehead atoms. The van der Waals surface area contributed by atoms with Gasteiger partial charge in [0.1, 0.15) is 17.2 Å². The van der Waals surface area contributed by atoms with Gasteiger partial charge in [-0.2, -0.15) is 5.10 Å². The van der Waals surface area contributed by atoms with Crippen molar-refractivity contribution in [3.05, 3.63) is 87.9 Å². The summed E-state index contributed by atoms with van der Waals surface area (Å²) >= 11 is 11.7. The van der Waals surface area contributed by atoms with E-state index in [1.54, 1.807) is 66.7 Å². The Morgan fingerprint density at radius 2 is 1.55 bits per heavy atom. The number of ether oxygens (including phenoxy) is 3. The maximum atomic E-state index is 12.0. The molecule has 0 unspecified atom stereocenters. The van der Waals surface area contributed by atoms with Crippen molar-refractivity contribution in [2.24, 2.45) is 5.10 Å². The highest BCUT2D eigenvalue weighted by molar-refractivity contribution is 6.30. The second-order valence-corrected chi connectivity index (χ2v) is 7.65. The summed E-state index contributed by atoms with van der Waals surface area (Å²) in [5, 5.41) is 5.05. The van der Waals surface area contributed by atoms with E-state index in [4.69, 9.17) is 37.4 Å². The van der Waals surface area contributed by atoms with Crippen molar-refractivity contribution < 1.29 is 23.8 Å². The molecule has 7 nitrogen and oxygen atoms in total. The normalized spacial score (nSPS) is 10.6. The van der Waals surface area contributed by atoms with Crippen molar-refractivity contribution in [1.82, 2.24) is 5.43 Å². The minimum absolute atomic E-state index is 0.189. The van der Waals surface area contributed by atoms with Gasteiger partial charge < -0.3 is 14.2 Å². The number of hydrogen-bond donors (Lipinski definition) is 1. The van der Waals surface area contributed by atoms with E-state index in [2.05, 4.69) is 10.5 Å². The number of esters is 1. The fraction of sp³-hybridized carbons (Fsp3) is 0.125. The van der Waals surface area contributed by atoms with Crippen LogP contribution in [0.1, 0.15) is 11.1 Å². The van der Waals surface area contributed by atoms with Gasteiger partial charge in [0.2, 0.25) is 0 Å². The van der Waals surface area contributed by atoms with Gasteiger partial charge in [-0.3, -0.25) is 4.79 Å². The summed E-state index contributed by atoms with van der Waals surface area (Å²) in [6.07, 6.45) is 1.46. The van der Waals surface area contributed by atoms with Crippen LogP contribution >= 0.6 is 23.2 Å². The first-order valence-electron chi connectivity index (χ1n) is 9.79. The number of halogens is 2. The Balaban J connectivity index is 1.40. The molecule has 0 heterocycles. The zero-order valence-electron chi connectivity index (χ0n) is 17.6. The predicted octanol–water partition coefficient (Wildman–Crippen LogP) is 4.82. The van der Waals surface area contributed by atoms with Gasteiger partial charge in [-0.1, -0.05) is 23.2 Å². The van der Waals surface area contributed by atoms with Crippen LogP contribution in [0.3, 0.4) is 0 Å². The first-order chi connectivity index (χ1) is 15.9. The maximum Gasteiger partial charge on any atom is 0.349 e. The van der Waals surface area contributed by atoms with Crippen LogP contribution in [0.2, 0.25) is 10.0 Å². The lowest BCUT2D eigenvalue weighted by Crippen LogP contribution is -2.24. The third-order valence-electron chi connectivity index (χ3n) is 4.18. The number of carbonyl (C=O) groups excluding carboxylic acids is 2. The van der Waals surface area contributed by atoms with E-state index < -0.39 is 11.9 Å². The molecular formula is C24H20Cl2N2O5. The van der Waals surface area contributed by atoms with Crippen LogP contribution in [0.5, 0.6) is 17.2 Å². The Morgan fingerprint density at radius 1 is 0.879 bits per heavy atom. The molecule has 170 valence electrons. The van der Waals surface area contributed by atoms with Crippen molar-refractivity contribution >= 4 is 41.3 Å². The van der Waals surface area contributed by atoms with E-state index in [-0.39, 0.29) is 13.2 Å². The van der Waals surface area contributed by atoms with Gasteiger partial charge in [0.25, 0.3) is 5.91 Å². The topological polar surface area (TPSA) is 86.2 Å². The summed E-state index contributed by atoms with van der Waals surface area (Å²) in [5.41, 5.74) is 3.89. The Morgan fingerprint density at radius 3 is 2.24 bits per heavy atom. The molecule has 3 aromatic carbocycles. The minimum atomic E-state index is -0.543. The number of amides is 1. The Labute approximate surface area is 200 Å². The lowest BCUT2D eigenvalue weighted by atomic mass is 10.2. The molecule has 0 aliphatic carbocycles.